The topological polar surface area (TPSA) is 52.6 Å². The first-order valence-electron chi connectivity index (χ1n) is 12.1. The number of benzene rings is 3. The Bertz CT molecular complexity index is 1500. The standard InChI is InChI=1S/C32H26O4S2/c1-19-5-9-21(10-6-19)27-13-15-29(37-27)23-17-26(32(34)36-4)24(18-25(23)31(33)35-3)30-16-14-28(38-30)22-11-7-20(2)8-12-22/h5-18H,1-4H3. The summed E-state index contributed by atoms with van der Waals surface area (Å²) in [6.45, 7) is 4.11. The van der Waals surface area contributed by atoms with E-state index in [1.54, 1.807) is 34.8 Å². The van der Waals surface area contributed by atoms with Crippen molar-refractivity contribution in [3.05, 3.63) is 107 Å². The minimum absolute atomic E-state index is 0.401. The lowest BCUT2D eigenvalue weighted by atomic mass is 9.96. The Labute approximate surface area is 230 Å². The molecule has 3 aromatic carbocycles. The number of rotatable bonds is 6. The van der Waals surface area contributed by atoms with Gasteiger partial charge in [-0.15, -0.1) is 22.7 Å². The van der Waals surface area contributed by atoms with Gasteiger partial charge >= 0.3 is 11.9 Å². The molecule has 38 heavy (non-hydrogen) atoms. The van der Waals surface area contributed by atoms with Crippen molar-refractivity contribution in [2.75, 3.05) is 14.2 Å². The average molecular weight is 539 g/mol. The van der Waals surface area contributed by atoms with Gasteiger partial charge in [0.2, 0.25) is 0 Å². The Morgan fingerprint density at radius 1 is 0.526 bits per heavy atom. The van der Waals surface area contributed by atoms with Crippen LogP contribution in [0, 0.1) is 13.8 Å². The van der Waals surface area contributed by atoms with Gasteiger partial charge in [0.15, 0.2) is 0 Å². The minimum atomic E-state index is -0.460. The zero-order valence-electron chi connectivity index (χ0n) is 21.5. The van der Waals surface area contributed by atoms with Crippen LogP contribution in [0.25, 0.3) is 41.8 Å². The quantitative estimate of drug-likeness (QED) is 0.203. The monoisotopic (exact) mass is 538 g/mol. The van der Waals surface area contributed by atoms with E-state index < -0.39 is 11.9 Å². The van der Waals surface area contributed by atoms with Crippen molar-refractivity contribution in [3.63, 3.8) is 0 Å². The molecule has 6 heteroatoms. The van der Waals surface area contributed by atoms with E-state index in [2.05, 4.69) is 62.4 Å². The second-order valence-electron chi connectivity index (χ2n) is 8.99. The highest BCUT2D eigenvalue weighted by Gasteiger charge is 2.24. The number of aryl methyl sites for hydroxylation is 2. The molecule has 0 aliphatic heterocycles. The zero-order valence-corrected chi connectivity index (χ0v) is 23.2. The molecule has 0 N–H and O–H groups in total. The highest BCUT2D eigenvalue weighted by Crippen LogP contribution is 2.42. The van der Waals surface area contributed by atoms with Crippen LogP contribution in [-0.4, -0.2) is 26.2 Å². The molecule has 0 saturated heterocycles. The first-order valence-corrected chi connectivity index (χ1v) is 13.7. The molecule has 0 fully saturated rings. The summed E-state index contributed by atoms with van der Waals surface area (Å²) in [6, 6.07) is 28.1. The van der Waals surface area contributed by atoms with E-state index in [0.717, 1.165) is 30.6 Å². The van der Waals surface area contributed by atoms with E-state index in [4.69, 9.17) is 9.47 Å². The molecule has 2 heterocycles. The lowest BCUT2D eigenvalue weighted by Crippen LogP contribution is -2.09. The number of thiophene rings is 2. The molecule has 0 aliphatic carbocycles. The van der Waals surface area contributed by atoms with Gasteiger partial charge in [-0.1, -0.05) is 59.7 Å². The van der Waals surface area contributed by atoms with Gasteiger partial charge in [0.05, 0.1) is 25.3 Å². The largest absolute Gasteiger partial charge is 0.465 e. The fourth-order valence-corrected chi connectivity index (χ4v) is 6.36. The lowest BCUT2D eigenvalue weighted by Gasteiger charge is -2.13. The van der Waals surface area contributed by atoms with Crippen LogP contribution in [0.4, 0.5) is 0 Å². The number of carbonyl (C=O) groups excluding carboxylic acids is 2. The molecule has 0 spiro atoms. The molecule has 0 amide bonds. The van der Waals surface area contributed by atoms with E-state index in [1.807, 2.05) is 24.3 Å². The van der Waals surface area contributed by atoms with Crippen molar-refractivity contribution in [1.29, 1.82) is 0 Å². The van der Waals surface area contributed by atoms with E-state index >= 15 is 0 Å². The maximum absolute atomic E-state index is 13.0. The Morgan fingerprint density at radius 3 is 1.21 bits per heavy atom. The van der Waals surface area contributed by atoms with Crippen molar-refractivity contribution in [2.45, 2.75) is 13.8 Å². The SMILES string of the molecule is COC(=O)c1cc(-c2ccc(-c3ccc(C)cc3)s2)c(C(=O)OC)cc1-c1ccc(-c2ccc(C)cc2)s1. The summed E-state index contributed by atoms with van der Waals surface area (Å²) in [4.78, 5) is 29.8. The summed E-state index contributed by atoms with van der Waals surface area (Å²) in [5.41, 5.74) is 6.65. The lowest BCUT2D eigenvalue weighted by molar-refractivity contribution is 0.0588. The second-order valence-corrected chi connectivity index (χ2v) is 11.2. The van der Waals surface area contributed by atoms with Crippen molar-refractivity contribution >= 4 is 34.6 Å². The van der Waals surface area contributed by atoms with Crippen LogP contribution in [0.2, 0.25) is 0 Å². The van der Waals surface area contributed by atoms with Crippen molar-refractivity contribution in [1.82, 2.24) is 0 Å². The molecular weight excluding hydrogens is 512 g/mol. The number of hydrogen-bond donors (Lipinski definition) is 0. The van der Waals surface area contributed by atoms with Gasteiger partial charge in [-0.3, -0.25) is 0 Å². The van der Waals surface area contributed by atoms with Crippen LogP contribution >= 0.6 is 22.7 Å². The van der Waals surface area contributed by atoms with Gasteiger partial charge in [-0.2, -0.15) is 0 Å². The third-order valence-electron chi connectivity index (χ3n) is 6.38. The second kappa shape index (κ2) is 10.8. The Hall–Kier alpha value is -4.00. The molecule has 5 aromatic rings. The Balaban J connectivity index is 1.64. The van der Waals surface area contributed by atoms with Crippen molar-refractivity contribution < 1.29 is 19.1 Å². The summed E-state index contributed by atoms with van der Waals surface area (Å²) in [7, 11) is 2.74. The zero-order chi connectivity index (χ0) is 26.8. The van der Waals surface area contributed by atoms with Crippen LogP contribution in [0.3, 0.4) is 0 Å². The first-order chi connectivity index (χ1) is 18.4. The molecule has 5 rings (SSSR count). The van der Waals surface area contributed by atoms with Gasteiger partial charge in [0.1, 0.15) is 0 Å². The molecule has 0 bridgehead atoms. The van der Waals surface area contributed by atoms with E-state index in [1.165, 1.54) is 25.3 Å². The third-order valence-corrected chi connectivity index (χ3v) is 8.72. The van der Waals surface area contributed by atoms with Gasteiger partial charge in [-0.05, 0) is 61.4 Å². The van der Waals surface area contributed by atoms with Crippen LogP contribution in [0.5, 0.6) is 0 Å². The number of hydrogen-bond acceptors (Lipinski definition) is 6. The van der Waals surface area contributed by atoms with Gasteiger partial charge in [0.25, 0.3) is 0 Å². The maximum Gasteiger partial charge on any atom is 0.338 e. The summed E-state index contributed by atoms with van der Waals surface area (Å²) in [6.07, 6.45) is 0. The van der Waals surface area contributed by atoms with Crippen LogP contribution in [-0.2, 0) is 9.47 Å². The van der Waals surface area contributed by atoms with Crippen LogP contribution in [0.15, 0.2) is 84.9 Å². The van der Waals surface area contributed by atoms with Crippen LogP contribution in [0.1, 0.15) is 31.8 Å². The summed E-state index contributed by atoms with van der Waals surface area (Å²) in [5.74, 6) is -0.920. The number of carbonyl (C=O) groups is 2. The smallest absolute Gasteiger partial charge is 0.338 e. The van der Waals surface area contributed by atoms with Crippen molar-refractivity contribution in [2.24, 2.45) is 0 Å². The van der Waals surface area contributed by atoms with E-state index in [-0.39, 0.29) is 0 Å². The van der Waals surface area contributed by atoms with Crippen molar-refractivity contribution in [3.8, 4) is 41.8 Å². The normalized spacial score (nSPS) is 10.8. The van der Waals surface area contributed by atoms with Gasteiger partial charge in [0, 0.05) is 30.6 Å². The highest BCUT2D eigenvalue weighted by molar-refractivity contribution is 7.19. The predicted octanol–water partition coefficient (Wildman–Crippen LogP) is 8.67. The van der Waals surface area contributed by atoms with E-state index in [0.29, 0.717) is 22.3 Å². The van der Waals surface area contributed by atoms with Gasteiger partial charge in [-0.25, -0.2) is 9.59 Å². The summed E-state index contributed by atoms with van der Waals surface area (Å²) < 4.78 is 10.3. The number of esters is 2. The fourth-order valence-electron chi connectivity index (χ4n) is 4.28. The molecule has 0 atom stereocenters. The third kappa shape index (κ3) is 5.05. The molecule has 0 radical (unpaired) electrons. The maximum atomic E-state index is 13.0. The van der Waals surface area contributed by atoms with Crippen LogP contribution < -0.4 is 0 Å². The number of ether oxygens (including phenoxy) is 2. The molecule has 2 aromatic heterocycles. The molecule has 0 aliphatic rings. The Morgan fingerprint density at radius 2 is 0.868 bits per heavy atom. The Kier molecular flexibility index (Phi) is 7.27. The predicted molar refractivity (Wildman–Crippen MR) is 156 cm³/mol. The van der Waals surface area contributed by atoms with Gasteiger partial charge < -0.3 is 9.47 Å². The molecule has 190 valence electrons. The number of methoxy groups -OCH3 is 2. The minimum Gasteiger partial charge on any atom is -0.465 e. The molecule has 0 unspecified atom stereocenters. The fraction of sp³-hybridized carbons (Fsp3) is 0.125. The average Bonchev–Trinajstić information content (AvgIpc) is 3.63. The van der Waals surface area contributed by atoms with E-state index in [9.17, 15) is 9.59 Å². The summed E-state index contributed by atoms with van der Waals surface area (Å²) in [5, 5.41) is 0. The molecular formula is C32H26O4S2. The summed E-state index contributed by atoms with van der Waals surface area (Å²) >= 11 is 3.12. The highest BCUT2D eigenvalue weighted by atomic mass is 32.1. The molecule has 0 saturated carbocycles. The first kappa shape index (κ1) is 25.6. The molecule has 4 nitrogen and oxygen atoms in total.